The molecule has 1 aromatic rings. The number of ether oxygens (including phenoxy) is 1. The fourth-order valence-electron chi connectivity index (χ4n) is 1.48. The highest BCUT2D eigenvalue weighted by Crippen LogP contribution is 2.33. The van der Waals surface area contributed by atoms with Crippen molar-refractivity contribution in [2.24, 2.45) is 0 Å². The Balaban J connectivity index is 2.27. The predicted octanol–water partition coefficient (Wildman–Crippen LogP) is 3.86. The van der Waals surface area contributed by atoms with E-state index < -0.39 is 11.7 Å². The van der Waals surface area contributed by atoms with E-state index in [1.54, 1.807) is 0 Å². The minimum atomic E-state index is -4.41. The van der Waals surface area contributed by atoms with Gasteiger partial charge in [0.2, 0.25) is 0 Å². The van der Waals surface area contributed by atoms with Crippen molar-refractivity contribution in [1.82, 2.24) is 10.3 Å². The van der Waals surface area contributed by atoms with Crippen LogP contribution in [-0.4, -0.2) is 37.0 Å². The zero-order chi connectivity index (χ0) is 15.7. The smallest absolute Gasteiger partial charge is 0.382 e. The Bertz CT molecular complexity index is 432. The van der Waals surface area contributed by atoms with Gasteiger partial charge in [-0.25, -0.2) is 4.98 Å². The fourth-order valence-corrected chi connectivity index (χ4v) is 2.57. The Morgan fingerprint density at radius 3 is 2.76 bits per heavy atom. The topological polar surface area (TPSA) is 34.1 Å². The van der Waals surface area contributed by atoms with Gasteiger partial charge in [-0.1, -0.05) is 11.6 Å². The van der Waals surface area contributed by atoms with E-state index in [0.29, 0.717) is 17.4 Å². The lowest BCUT2D eigenvalue weighted by Gasteiger charge is -2.09. The highest BCUT2D eigenvalue weighted by molar-refractivity contribution is 7.99. The monoisotopic (exact) mass is 342 g/mol. The number of rotatable bonds is 9. The van der Waals surface area contributed by atoms with Crippen molar-refractivity contribution in [3.05, 3.63) is 22.8 Å². The third-order valence-electron chi connectivity index (χ3n) is 2.50. The van der Waals surface area contributed by atoms with Crippen LogP contribution in [0.15, 0.2) is 17.3 Å². The zero-order valence-corrected chi connectivity index (χ0v) is 13.2. The number of pyridine rings is 1. The summed E-state index contributed by atoms with van der Waals surface area (Å²) in [5.74, 6) is 0.687. The Kier molecular flexibility index (Phi) is 8.39. The van der Waals surface area contributed by atoms with E-state index in [4.69, 9.17) is 16.3 Å². The van der Waals surface area contributed by atoms with Gasteiger partial charge >= 0.3 is 6.18 Å². The van der Waals surface area contributed by atoms with Crippen LogP contribution in [0.3, 0.4) is 0 Å². The maximum atomic E-state index is 12.5. The van der Waals surface area contributed by atoms with Crippen LogP contribution in [0.2, 0.25) is 5.02 Å². The maximum Gasteiger partial charge on any atom is 0.417 e. The van der Waals surface area contributed by atoms with Crippen LogP contribution < -0.4 is 5.32 Å². The lowest BCUT2D eigenvalue weighted by atomic mass is 10.3. The molecule has 0 bridgehead atoms. The molecule has 1 rings (SSSR count). The van der Waals surface area contributed by atoms with Crippen LogP contribution in [0, 0.1) is 0 Å². The first-order valence-corrected chi connectivity index (χ1v) is 7.95. The van der Waals surface area contributed by atoms with E-state index in [9.17, 15) is 13.2 Å². The van der Waals surface area contributed by atoms with Gasteiger partial charge in [0.25, 0.3) is 0 Å². The second-order valence-corrected chi connectivity index (χ2v) is 5.65. The fraction of sp³-hybridized carbons (Fsp3) is 0.615. The first-order chi connectivity index (χ1) is 9.95. The van der Waals surface area contributed by atoms with Gasteiger partial charge in [0, 0.05) is 31.7 Å². The van der Waals surface area contributed by atoms with Crippen molar-refractivity contribution in [2.75, 3.05) is 32.1 Å². The van der Waals surface area contributed by atoms with Crippen LogP contribution in [0.4, 0.5) is 13.2 Å². The lowest BCUT2D eigenvalue weighted by molar-refractivity contribution is -0.137. The van der Waals surface area contributed by atoms with Crippen molar-refractivity contribution < 1.29 is 17.9 Å². The molecule has 0 amide bonds. The average Bonchev–Trinajstić information content (AvgIpc) is 2.42. The summed E-state index contributed by atoms with van der Waals surface area (Å²) in [5, 5.41) is 3.67. The molecule has 3 nitrogen and oxygen atoms in total. The number of halogens is 4. The summed E-state index contributed by atoms with van der Waals surface area (Å²) in [4.78, 5) is 3.77. The highest BCUT2D eigenvalue weighted by Gasteiger charge is 2.31. The summed E-state index contributed by atoms with van der Waals surface area (Å²) in [6.07, 6.45) is -2.68. The number of thioether (sulfide) groups is 1. The molecule has 0 aliphatic heterocycles. The molecule has 0 saturated heterocycles. The predicted molar refractivity (Wildman–Crippen MR) is 79.0 cm³/mol. The second-order valence-electron chi connectivity index (χ2n) is 4.16. The van der Waals surface area contributed by atoms with Crippen LogP contribution >= 0.6 is 23.4 Å². The first kappa shape index (κ1) is 18.5. The van der Waals surface area contributed by atoms with E-state index in [1.165, 1.54) is 11.8 Å². The summed E-state index contributed by atoms with van der Waals surface area (Å²) in [7, 11) is 0. The van der Waals surface area contributed by atoms with Crippen molar-refractivity contribution in [3.8, 4) is 0 Å². The van der Waals surface area contributed by atoms with Gasteiger partial charge in [-0.15, -0.1) is 11.8 Å². The Hall–Kier alpha value is -0.500. The molecular formula is C13H18ClF3N2OS. The van der Waals surface area contributed by atoms with Gasteiger partial charge in [-0.3, -0.25) is 0 Å². The van der Waals surface area contributed by atoms with E-state index >= 15 is 0 Å². The number of alkyl halides is 3. The molecule has 21 heavy (non-hydrogen) atoms. The van der Waals surface area contributed by atoms with E-state index in [-0.39, 0.29) is 5.02 Å². The molecule has 0 aliphatic rings. The minimum Gasteiger partial charge on any atom is -0.382 e. The molecule has 1 aromatic heterocycles. The Morgan fingerprint density at radius 2 is 2.14 bits per heavy atom. The van der Waals surface area contributed by atoms with Gasteiger partial charge in [0.05, 0.1) is 10.6 Å². The number of hydrogen-bond acceptors (Lipinski definition) is 4. The third-order valence-corrected chi connectivity index (χ3v) is 3.91. The molecule has 0 radical (unpaired) electrons. The molecule has 120 valence electrons. The molecule has 1 heterocycles. The third kappa shape index (κ3) is 7.35. The quantitative estimate of drug-likeness (QED) is 0.546. The van der Waals surface area contributed by atoms with Gasteiger partial charge in [0.1, 0.15) is 5.03 Å². The molecule has 0 unspecified atom stereocenters. The summed E-state index contributed by atoms with van der Waals surface area (Å²) in [5.41, 5.74) is -0.828. The normalized spacial score (nSPS) is 11.9. The van der Waals surface area contributed by atoms with Crippen LogP contribution in [-0.2, 0) is 10.9 Å². The Morgan fingerprint density at radius 1 is 1.38 bits per heavy atom. The van der Waals surface area contributed by atoms with Crippen molar-refractivity contribution >= 4 is 23.4 Å². The molecule has 1 N–H and O–H groups in total. The van der Waals surface area contributed by atoms with E-state index in [1.807, 2.05) is 6.92 Å². The number of nitrogens with zero attached hydrogens (tertiary/aromatic N) is 1. The summed E-state index contributed by atoms with van der Waals surface area (Å²) < 4.78 is 42.6. The summed E-state index contributed by atoms with van der Waals surface area (Å²) >= 11 is 7.14. The maximum absolute atomic E-state index is 12.5. The molecule has 0 saturated carbocycles. The molecule has 0 atom stereocenters. The average molecular weight is 343 g/mol. The number of hydrogen-bond donors (Lipinski definition) is 1. The second kappa shape index (κ2) is 9.50. The summed E-state index contributed by atoms with van der Waals surface area (Å²) in [6, 6.07) is 0.909. The van der Waals surface area contributed by atoms with E-state index in [2.05, 4.69) is 10.3 Å². The summed E-state index contributed by atoms with van der Waals surface area (Å²) in [6.45, 7) is 4.96. The van der Waals surface area contributed by atoms with Crippen LogP contribution in [0.5, 0.6) is 0 Å². The molecule has 0 spiro atoms. The molecular weight excluding hydrogens is 325 g/mol. The Labute approximate surface area is 131 Å². The van der Waals surface area contributed by atoms with Gasteiger partial charge in [-0.2, -0.15) is 13.2 Å². The van der Waals surface area contributed by atoms with Crippen LogP contribution in [0.1, 0.15) is 18.9 Å². The van der Waals surface area contributed by atoms with Crippen molar-refractivity contribution in [3.63, 3.8) is 0 Å². The van der Waals surface area contributed by atoms with E-state index in [0.717, 1.165) is 38.4 Å². The number of nitrogens with one attached hydrogen (secondary N) is 1. The van der Waals surface area contributed by atoms with Crippen molar-refractivity contribution in [1.29, 1.82) is 0 Å². The number of aromatic nitrogens is 1. The first-order valence-electron chi connectivity index (χ1n) is 6.59. The highest BCUT2D eigenvalue weighted by atomic mass is 35.5. The van der Waals surface area contributed by atoms with Gasteiger partial charge in [-0.05, 0) is 26.0 Å². The minimum absolute atomic E-state index is 0.0335. The zero-order valence-electron chi connectivity index (χ0n) is 11.7. The molecule has 0 aromatic carbocycles. The standard InChI is InChI=1S/C13H18ClF3N2OS/c1-2-20-6-3-4-18-5-7-21-12-11(14)8-10(9-19-12)13(15,16)17/h8-9,18H,2-7H2,1H3. The van der Waals surface area contributed by atoms with Crippen molar-refractivity contribution in [2.45, 2.75) is 24.5 Å². The van der Waals surface area contributed by atoms with Crippen LogP contribution in [0.25, 0.3) is 0 Å². The largest absolute Gasteiger partial charge is 0.417 e. The van der Waals surface area contributed by atoms with Gasteiger partial charge < -0.3 is 10.1 Å². The lowest BCUT2D eigenvalue weighted by Crippen LogP contribution is -2.19. The molecule has 0 aliphatic carbocycles. The molecule has 8 heteroatoms. The van der Waals surface area contributed by atoms with Gasteiger partial charge in [0.15, 0.2) is 0 Å². The SMILES string of the molecule is CCOCCCNCCSc1ncc(C(F)(F)F)cc1Cl. The molecule has 0 fully saturated rings.